The molecule has 0 bridgehead atoms. The van der Waals surface area contributed by atoms with Crippen LogP contribution in [0.25, 0.3) is 0 Å². The van der Waals surface area contributed by atoms with Crippen LogP contribution in [0.5, 0.6) is 11.5 Å². The van der Waals surface area contributed by atoms with Gasteiger partial charge in [-0.05, 0) is 23.8 Å². The molecule has 0 aliphatic rings. The van der Waals surface area contributed by atoms with Gasteiger partial charge in [0.15, 0.2) is 11.5 Å². The Bertz CT molecular complexity index is 634. The molecule has 0 saturated heterocycles. The summed E-state index contributed by atoms with van der Waals surface area (Å²) in [6.07, 6.45) is 3.63. The van der Waals surface area contributed by atoms with E-state index >= 15 is 0 Å². The normalized spacial score (nSPS) is 10.0. The smallest absolute Gasteiger partial charge is 0.222 e. The number of benzene rings is 1. The summed E-state index contributed by atoms with van der Waals surface area (Å²) in [5.41, 5.74) is 0.940. The van der Waals surface area contributed by atoms with Gasteiger partial charge in [0.05, 0.1) is 14.2 Å². The number of hydrogen-bond acceptors (Lipinski definition) is 6. The van der Waals surface area contributed by atoms with Crippen LogP contribution in [0.15, 0.2) is 36.7 Å². The molecule has 2 rings (SSSR count). The van der Waals surface area contributed by atoms with Crippen molar-refractivity contribution in [2.24, 2.45) is 0 Å². The van der Waals surface area contributed by atoms with Gasteiger partial charge in [0.25, 0.3) is 0 Å². The first-order valence-corrected chi connectivity index (χ1v) is 7.21. The van der Waals surface area contributed by atoms with Crippen molar-refractivity contribution in [3.8, 4) is 11.5 Å². The molecule has 122 valence electrons. The van der Waals surface area contributed by atoms with E-state index in [1.165, 1.54) is 0 Å². The molecule has 23 heavy (non-hydrogen) atoms. The van der Waals surface area contributed by atoms with Crippen molar-refractivity contribution in [2.75, 3.05) is 26.1 Å². The van der Waals surface area contributed by atoms with Gasteiger partial charge in [-0.15, -0.1) is 0 Å². The van der Waals surface area contributed by atoms with Crippen LogP contribution in [0.2, 0.25) is 0 Å². The van der Waals surface area contributed by atoms with Gasteiger partial charge in [-0.25, -0.2) is 9.97 Å². The number of amides is 1. The zero-order valence-electron chi connectivity index (χ0n) is 13.2. The number of nitrogens with zero attached hydrogens (tertiary/aromatic N) is 2. The Morgan fingerprint density at radius 2 is 1.87 bits per heavy atom. The van der Waals surface area contributed by atoms with Gasteiger partial charge in [-0.2, -0.15) is 0 Å². The molecule has 0 saturated carbocycles. The number of anilines is 1. The molecule has 2 aromatic rings. The van der Waals surface area contributed by atoms with Crippen LogP contribution < -0.4 is 20.1 Å². The average molecular weight is 316 g/mol. The fourth-order valence-corrected chi connectivity index (χ4v) is 1.96. The Morgan fingerprint density at radius 1 is 1.13 bits per heavy atom. The summed E-state index contributed by atoms with van der Waals surface area (Å²) < 4.78 is 10.4. The van der Waals surface area contributed by atoms with Gasteiger partial charge >= 0.3 is 0 Å². The van der Waals surface area contributed by atoms with E-state index in [9.17, 15) is 4.79 Å². The van der Waals surface area contributed by atoms with Crippen molar-refractivity contribution in [2.45, 2.75) is 13.0 Å². The monoisotopic (exact) mass is 316 g/mol. The summed E-state index contributed by atoms with van der Waals surface area (Å²) in [6, 6.07) is 7.28. The SMILES string of the molecule is COc1ccc(CNC(=O)CCNc2ncccn2)cc1OC. The predicted octanol–water partition coefficient (Wildman–Crippen LogP) is 1.61. The third-order valence-electron chi connectivity index (χ3n) is 3.14. The molecule has 0 unspecified atom stereocenters. The lowest BCUT2D eigenvalue weighted by Gasteiger charge is -2.10. The van der Waals surface area contributed by atoms with Crippen molar-refractivity contribution in [3.05, 3.63) is 42.2 Å². The minimum atomic E-state index is -0.0526. The summed E-state index contributed by atoms with van der Waals surface area (Å²) in [6.45, 7) is 0.906. The second kappa shape index (κ2) is 8.57. The van der Waals surface area contributed by atoms with Gasteiger partial charge in [0, 0.05) is 31.9 Å². The summed E-state index contributed by atoms with van der Waals surface area (Å²) >= 11 is 0. The summed E-state index contributed by atoms with van der Waals surface area (Å²) in [5, 5.41) is 5.85. The van der Waals surface area contributed by atoms with Crippen LogP contribution in [0.4, 0.5) is 5.95 Å². The van der Waals surface area contributed by atoms with Gasteiger partial charge in [-0.1, -0.05) is 6.07 Å². The molecule has 2 N–H and O–H groups in total. The van der Waals surface area contributed by atoms with Crippen molar-refractivity contribution in [1.82, 2.24) is 15.3 Å². The van der Waals surface area contributed by atoms with Crippen LogP contribution in [0.1, 0.15) is 12.0 Å². The molecule has 1 aromatic heterocycles. The van der Waals surface area contributed by atoms with Gasteiger partial charge in [-0.3, -0.25) is 4.79 Å². The van der Waals surface area contributed by atoms with Crippen LogP contribution in [-0.4, -0.2) is 36.6 Å². The minimum absolute atomic E-state index is 0.0526. The van der Waals surface area contributed by atoms with Crippen molar-refractivity contribution < 1.29 is 14.3 Å². The lowest BCUT2D eigenvalue weighted by molar-refractivity contribution is -0.121. The Balaban J connectivity index is 1.76. The van der Waals surface area contributed by atoms with E-state index in [1.54, 1.807) is 32.7 Å². The van der Waals surface area contributed by atoms with Gasteiger partial charge in [0.1, 0.15) is 0 Å². The lowest BCUT2D eigenvalue weighted by atomic mass is 10.2. The highest BCUT2D eigenvalue weighted by Gasteiger charge is 2.06. The molecular formula is C16H20N4O3. The Kier molecular flexibility index (Phi) is 6.17. The predicted molar refractivity (Wildman–Crippen MR) is 86.5 cm³/mol. The number of methoxy groups -OCH3 is 2. The molecule has 1 amide bonds. The number of rotatable bonds is 8. The number of ether oxygens (including phenoxy) is 2. The Morgan fingerprint density at radius 3 is 2.57 bits per heavy atom. The molecule has 0 aliphatic heterocycles. The van der Waals surface area contributed by atoms with E-state index in [0.717, 1.165) is 5.56 Å². The van der Waals surface area contributed by atoms with Crippen LogP contribution in [-0.2, 0) is 11.3 Å². The number of carbonyl (C=O) groups is 1. The molecule has 0 aliphatic carbocycles. The second-order valence-electron chi connectivity index (χ2n) is 4.72. The second-order valence-corrected chi connectivity index (χ2v) is 4.72. The molecule has 1 heterocycles. The van der Waals surface area contributed by atoms with Crippen LogP contribution in [0, 0.1) is 0 Å². The standard InChI is InChI=1S/C16H20N4O3/c1-22-13-5-4-12(10-14(13)23-2)11-20-15(21)6-9-19-16-17-7-3-8-18-16/h3-5,7-8,10H,6,9,11H2,1-2H3,(H,20,21)(H,17,18,19). The Hall–Kier alpha value is -2.83. The van der Waals surface area contributed by atoms with E-state index in [-0.39, 0.29) is 5.91 Å². The van der Waals surface area contributed by atoms with Crippen molar-refractivity contribution in [1.29, 1.82) is 0 Å². The van der Waals surface area contributed by atoms with Crippen LogP contribution >= 0.6 is 0 Å². The molecule has 0 radical (unpaired) electrons. The highest BCUT2D eigenvalue weighted by molar-refractivity contribution is 5.76. The van der Waals surface area contributed by atoms with E-state index in [2.05, 4.69) is 20.6 Å². The third kappa shape index (κ3) is 5.14. The number of carbonyl (C=O) groups excluding carboxylic acids is 1. The zero-order chi connectivity index (χ0) is 16.5. The molecular weight excluding hydrogens is 296 g/mol. The van der Waals surface area contributed by atoms with Crippen molar-refractivity contribution in [3.63, 3.8) is 0 Å². The Labute approximate surface area is 135 Å². The number of aromatic nitrogens is 2. The maximum atomic E-state index is 11.8. The molecule has 0 fully saturated rings. The first-order chi connectivity index (χ1) is 11.2. The largest absolute Gasteiger partial charge is 0.493 e. The number of hydrogen-bond donors (Lipinski definition) is 2. The quantitative estimate of drug-likeness (QED) is 0.769. The van der Waals surface area contributed by atoms with Crippen LogP contribution in [0.3, 0.4) is 0 Å². The van der Waals surface area contributed by atoms with E-state index in [1.807, 2.05) is 18.2 Å². The van der Waals surface area contributed by atoms with E-state index in [4.69, 9.17) is 9.47 Å². The molecule has 0 atom stereocenters. The van der Waals surface area contributed by atoms with Gasteiger partial charge in [0.2, 0.25) is 11.9 Å². The first-order valence-electron chi connectivity index (χ1n) is 7.21. The molecule has 7 heteroatoms. The fraction of sp³-hybridized carbons (Fsp3) is 0.312. The summed E-state index contributed by atoms with van der Waals surface area (Å²) in [4.78, 5) is 19.9. The highest BCUT2D eigenvalue weighted by atomic mass is 16.5. The number of nitrogens with one attached hydrogen (secondary N) is 2. The maximum absolute atomic E-state index is 11.8. The van der Waals surface area contributed by atoms with E-state index < -0.39 is 0 Å². The molecule has 7 nitrogen and oxygen atoms in total. The maximum Gasteiger partial charge on any atom is 0.222 e. The highest BCUT2D eigenvalue weighted by Crippen LogP contribution is 2.27. The lowest BCUT2D eigenvalue weighted by Crippen LogP contribution is -2.25. The topological polar surface area (TPSA) is 85.4 Å². The van der Waals surface area contributed by atoms with Crippen molar-refractivity contribution >= 4 is 11.9 Å². The third-order valence-corrected chi connectivity index (χ3v) is 3.14. The minimum Gasteiger partial charge on any atom is -0.493 e. The summed E-state index contributed by atoms with van der Waals surface area (Å²) in [7, 11) is 3.17. The summed E-state index contributed by atoms with van der Waals surface area (Å²) in [5.74, 6) is 1.76. The molecule has 0 spiro atoms. The first kappa shape index (κ1) is 16.5. The zero-order valence-corrected chi connectivity index (χ0v) is 13.2. The average Bonchev–Trinajstić information content (AvgIpc) is 2.60. The van der Waals surface area contributed by atoms with E-state index in [0.29, 0.717) is 37.0 Å². The molecule has 1 aromatic carbocycles. The van der Waals surface area contributed by atoms with Gasteiger partial charge < -0.3 is 20.1 Å². The fourth-order valence-electron chi connectivity index (χ4n) is 1.96.